The quantitative estimate of drug-likeness (QED) is 0.694. The maximum atomic E-state index is 12.2. The average molecular weight is 306 g/mol. The second-order valence-electron chi connectivity index (χ2n) is 4.40. The molecule has 0 saturated heterocycles. The van der Waals surface area contributed by atoms with Gasteiger partial charge < -0.3 is 5.32 Å². The number of amides is 1. The Bertz CT molecular complexity index is 676. The molecule has 1 atom stereocenters. The topological polar surface area (TPSA) is 85.1 Å². The van der Waals surface area contributed by atoms with Gasteiger partial charge in [0.2, 0.25) is 0 Å². The zero-order valence-corrected chi connectivity index (χ0v) is 11.9. The van der Waals surface area contributed by atoms with Crippen LogP contribution in [-0.4, -0.2) is 15.8 Å². The molecule has 1 unspecified atom stereocenters. The molecule has 1 N–H and O–H groups in total. The van der Waals surface area contributed by atoms with Crippen molar-refractivity contribution in [1.82, 2.24) is 10.3 Å². The Labute approximate surface area is 125 Å². The van der Waals surface area contributed by atoms with E-state index in [0.717, 1.165) is 11.6 Å². The van der Waals surface area contributed by atoms with Gasteiger partial charge in [0.15, 0.2) is 0 Å². The van der Waals surface area contributed by atoms with E-state index in [-0.39, 0.29) is 22.3 Å². The van der Waals surface area contributed by atoms with Gasteiger partial charge >= 0.3 is 0 Å². The molecule has 1 aromatic carbocycles. The van der Waals surface area contributed by atoms with Crippen LogP contribution in [0.4, 0.5) is 5.69 Å². The van der Waals surface area contributed by atoms with E-state index in [1.807, 2.05) is 6.07 Å². The Morgan fingerprint density at radius 3 is 2.81 bits per heavy atom. The van der Waals surface area contributed by atoms with E-state index >= 15 is 0 Å². The third-order valence-corrected chi connectivity index (χ3v) is 3.27. The van der Waals surface area contributed by atoms with Gasteiger partial charge in [-0.3, -0.25) is 19.9 Å². The Kier molecular flexibility index (Phi) is 4.49. The highest BCUT2D eigenvalue weighted by Crippen LogP contribution is 2.23. The van der Waals surface area contributed by atoms with Crippen LogP contribution in [0.3, 0.4) is 0 Å². The molecule has 1 heterocycles. The van der Waals surface area contributed by atoms with Gasteiger partial charge in [0.1, 0.15) is 0 Å². The summed E-state index contributed by atoms with van der Waals surface area (Å²) in [6.45, 7) is 1.79. The molecule has 0 aliphatic rings. The van der Waals surface area contributed by atoms with Gasteiger partial charge in [-0.25, -0.2) is 0 Å². The molecule has 2 aromatic rings. The molecule has 7 heteroatoms. The number of aromatic nitrogens is 1. The lowest BCUT2D eigenvalue weighted by Gasteiger charge is -2.14. The summed E-state index contributed by atoms with van der Waals surface area (Å²) in [5.41, 5.74) is 0.715. The van der Waals surface area contributed by atoms with E-state index in [1.165, 1.54) is 12.1 Å². The summed E-state index contributed by atoms with van der Waals surface area (Å²) in [6.07, 6.45) is 3.27. The van der Waals surface area contributed by atoms with Crippen molar-refractivity contribution in [3.05, 3.63) is 69.0 Å². The van der Waals surface area contributed by atoms with Gasteiger partial charge in [-0.1, -0.05) is 17.7 Å². The van der Waals surface area contributed by atoms with Gasteiger partial charge in [-0.05, 0) is 24.6 Å². The molecule has 0 bridgehead atoms. The molecule has 0 aliphatic heterocycles. The first kappa shape index (κ1) is 14.9. The molecular formula is C14H12ClN3O3. The number of carbonyl (C=O) groups is 1. The van der Waals surface area contributed by atoms with Gasteiger partial charge in [0.05, 0.1) is 21.6 Å². The van der Waals surface area contributed by atoms with Crippen LogP contribution in [0, 0.1) is 10.1 Å². The zero-order chi connectivity index (χ0) is 15.4. The zero-order valence-electron chi connectivity index (χ0n) is 11.1. The standard InChI is InChI=1S/C14H12ClN3O3/c1-9(10-3-2-6-16-8-10)17-14(19)12-7-11(18(20)21)4-5-13(12)15/h2-9H,1H3,(H,17,19). The molecule has 0 saturated carbocycles. The van der Waals surface area contributed by atoms with Crippen LogP contribution < -0.4 is 5.32 Å². The number of nitrogens with zero attached hydrogens (tertiary/aromatic N) is 2. The lowest BCUT2D eigenvalue weighted by molar-refractivity contribution is -0.384. The number of nitro groups is 1. The monoisotopic (exact) mass is 305 g/mol. The van der Waals surface area contributed by atoms with Crippen LogP contribution in [0.5, 0.6) is 0 Å². The highest BCUT2D eigenvalue weighted by atomic mass is 35.5. The molecular weight excluding hydrogens is 294 g/mol. The van der Waals surface area contributed by atoms with Crippen LogP contribution in [0.25, 0.3) is 0 Å². The molecule has 2 rings (SSSR count). The molecule has 6 nitrogen and oxygen atoms in total. The summed E-state index contributed by atoms with van der Waals surface area (Å²) in [5.74, 6) is -0.472. The molecule has 108 valence electrons. The lowest BCUT2D eigenvalue weighted by Crippen LogP contribution is -2.27. The van der Waals surface area contributed by atoms with Crippen LogP contribution in [-0.2, 0) is 0 Å². The van der Waals surface area contributed by atoms with E-state index in [1.54, 1.807) is 25.4 Å². The number of halogens is 1. The summed E-state index contributed by atoms with van der Waals surface area (Å²) in [4.78, 5) is 26.3. The fourth-order valence-corrected chi connectivity index (χ4v) is 1.99. The molecule has 0 spiro atoms. The van der Waals surface area contributed by atoms with Crippen molar-refractivity contribution in [2.45, 2.75) is 13.0 Å². The van der Waals surface area contributed by atoms with Crippen molar-refractivity contribution in [1.29, 1.82) is 0 Å². The fourth-order valence-electron chi connectivity index (χ4n) is 1.79. The maximum absolute atomic E-state index is 12.2. The highest BCUT2D eigenvalue weighted by Gasteiger charge is 2.18. The maximum Gasteiger partial charge on any atom is 0.270 e. The van der Waals surface area contributed by atoms with Gasteiger partial charge in [-0.2, -0.15) is 0 Å². The van der Waals surface area contributed by atoms with Crippen LogP contribution in [0.15, 0.2) is 42.7 Å². The summed E-state index contributed by atoms with van der Waals surface area (Å²) in [6, 6.07) is 7.05. The summed E-state index contributed by atoms with van der Waals surface area (Å²) < 4.78 is 0. The van der Waals surface area contributed by atoms with E-state index in [0.29, 0.717) is 0 Å². The molecule has 1 aromatic heterocycles. The van der Waals surface area contributed by atoms with Crippen molar-refractivity contribution in [3.8, 4) is 0 Å². The molecule has 1 amide bonds. The number of non-ortho nitro benzene ring substituents is 1. The van der Waals surface area contributed by atoms with Crippen LogP contribution in [0.1, 0.15) is 28.9 Å². The first-order valence-electron chi connectivity index (χ1n) is 6.14. The summed E-state index contributed by atoms with van der Waals surface area (Å²) in [7, 11) is 0. The molecule has 0 aliphatic carbocycles. The Morgan fingerprint density at radius 1 is 1.43 bits per heavy atom. The van der Waals surface area contributed by atoms with Gasteiger partial charge in [-0.15, -0.1) is 0 Å². The number of nitro benzene ring substituents is 1. The third kappa shape index (κ3) is 3.55. The smallest absolute Gasteiger partial charge is 0.270 e. The number of hydrogen-bond donors (Lipinski definition) is 1. The van der Waals surface area contributed by atoms with Crippen molar-refractivity contribution >= 4 is 23.2 Å². The van der Waals surface area contributed by atoms with Crippen molar-refractivity contribution in [3.63, 3.8) is 0 Å². The largest absolute Gasteiger partial charge is 0.345 e. The van der Waals surface area contributed by atoms with E-state index in [4.69, 9.17) is 11.6 Å². The Morgan fingerprint density at radius 2 is 2.19 bits per heavy atom. The second-order valence-corrected chi connectivity index (χ2v) is 4.81. The normalized spacial score (nSPS) is 11.7. The van der Waals surface area contributed by atoms with Crippen molar-refractivity contribution in [2.75, 3.05) is 0 Å². The van der Waals surface area contributed by atoms with Crippen molar-refractivity contribution in [2.24, 2.45) is 0 Å². The SMILES string of the molecule is CC(NC(=O)c1cc([N+](=O)[O-])ccc1Cl)c1cccnc1. The van der Waals surface area contributed by atoms with Gasteiger partial charge in [0, 0.05) is 24.5 Å². The molecule has 21 heavy (non-hydrogen) atoms. The molecule has 0 fully saturated rings. The fraction of sp³-hybridized carbons (Fsp3) is 0.143. The number of nitrogens with one attached hydrogen (secondary N) is 1. The van der Waals surface area contributed by atoms with Crippen LogP contribution in [0.2, 0.25) is 5.02 Å². The molecule has 0 radical (unpaired) electrons. The summed E-state index contributed by atoms with van der Waals surface area (Å²) in [5, 5.41) is 13.7. The van der Waals surface area contributed by atoms with Crippen molar-refractivity contribution < 1.29 is 9.72 Å². The number of pyridine rings is 1. The lowest BCUT2D eigenvalue weighted by atomic mass is 10.1. The number of carbonyl (C=O) groups excluding carboxylic acids is 1. The Hall–Kier alpha value is -2.47. The predicted octanol–water partition coefficient (Wildman–Crippen LogP) is 3.13. The minimum atomic E-state index is -0.572. The van der Waals surface area contributed by atoms with E-state index in [9.17, 15) is 14.9 Å². The number of hydrogen-bond acceptors (Lipinski definition) is 4. The van der Waals surface area contributed by atoms with Gasteiger partial charge in [0.25, 0.3) is 11.6 Å². The minimum Gasteiger partial charge on any atom is -0.345 e. The summed E-state index contributed by atoms with van der Waals surface area (Å²) >= 11 is 5.93. The Balaban J connectivity index is 2.21. The number of rotatable bonds is 4. The van der Waals surface area contributed by atoms with Crippen LogP contribution >= 0.6 is 11.6 Å². The highest BCUT2D eigenvalue weighted by molar-refractivity contribution is 6.33. The van der Waals surface area contributed by atoms with E-state index < -0.39 is 10.8 Å². The van der Waals surface area contributed by atoms with E-state index in [2.05, 4.69) is 10.3 Å². The first-order chi connectivity index (χ1) is 9.99. The average Bonchev–Trinajstić information content (AvgIpc) is 2.48. The number of benzene rings is 1. The first-order valence-corrected chi connectivity index (χ1v) is 6.51. The predicted molar refractivity (Wildman–Crippen MR) is 78.2 cm³/mol. The second kappa shape index (κ2) is 6.32. The minimum absolute atomic E-state index is 0.0709. The third-order valence-electron chi connectivity index (χ3n) is 2.94.